The van der Waals surface area contributed by atoms with E-state index in [-0.39, 0.29) is 23.1 Å². The monoisotopic (exact) mass is 432 g/mol. The Balaban J connectivity index is 1.58. The zero-order chi connectivity index (χ0) is 21.0. The van der Waals surface area contributed by atoms with Crippen LogP contribution in [0.4, 0.5) is 5.69 Å². The Morgan fingerprint density at radius 2 is 1.93 bits per heavy atom. The third kappa shape index (κ3) is 5.39. The smallest absolute Gasteiger partial charge is 0.234 e. The van der Waals surface area contributed by atoms with Crippen molar-refractivity contribution in [1.82, 2.24) is 5.32 Å². The second kappa shape index (κ2) is 9.00. The number of rotatable bonds is 7. The van der Waals surface area contributed by atoms with Gasteiger partial charge in [-0.25, -0.2) is 8.42 Å². The number of hydrogen-bond donors (Lipinski definition) is 2. The average molecular weight is 433 g/mol. The van der Waals surface area contributed by atoms with Gasteiger partial charge in [-0.3, -0.25) is 9.59 Å². The molecule has 0 fully saturated rings. The number of amides is 2. The summed E-state index contributed by atoms with van der Waals surface area (Å²) in [5, 5.41) is 4.62. The summed E-state index contributed by atoms with van der Waals surface area (Å²) in [6, 6.07) is 12.8. The van der Waals surface area contributed by atoms with E-state index in [1.165, 1.54) is 36.4 Å². The number of fused-ring (bicyclic) bond motifs is 1. The molecule has 29 heavy (non-hydrogen) atoms. The molecule has 2 aromatic carbocycles. The quantitative estimate of drug-likeness (QED) is 0.702. The highest BCUT2D eigenvalue weighted by atomic mass is 32.2. The molecule has 2 N–H and O–H groups in total. The molecular weight excluding hydrogens is 408 g/mol. The first kappa shape index (κ1) is 21.4. The van der Waals surface area contributed by atoms with Crippen LogP contribution in [0.2, 0.25) is 0 Å². The van der Waals surface area contributed by atoms with Crippen molar-refractivity contribution in [1.29, 1.82) is 0 Å². The van der Waals surface area contributed by atoms with Gasteiger partial charge < -0.3 is 10.6 Å². The van der Waals surface area contributed by atoms with E-state index in [0.29, 0.717) is 24.4 Å². The number of sulfone groups is 1. The zero-order valence-electron chi connectivity index (χ0n) is 16.4. The predicted octanol–water partition coefficient (Wildman–Crippen LogP) is 2.95. The fourth-order valence-corrected chi connectivity index (χ4v) is 5.18. The highest BCUT2D eigenvalue weighted by Crippen LogP contribution is 2.34. The molecule has 3 rings (SSSR count). The van der Waals surface area contributed by atoms with E-state index in [1.54, 1.807) is 6.07 Å². The van der Waals surface area contributed by atoms with Gasteiger partial charge in [0, 0.05) is 17.9 Å². The summed E-state index contributed by atoms with van der Waals surface area (Å²) < 4.78 is 25.7. The topological polar surface area (TPSA) is 92.3 Å². The van der Waals surface area contributed by atoms with Gasteiger partial charge in [0.25, 0.3) is 0 Å². The number of nitrogens with one attached hydrogen (secondary N) is 2. The molecule has 1 heterocycles. The van der Waals surface area contributed by atoms with Gasteiger partial charge in [0.05, 0.1) is 21.6 Å². The summed E-state index contributed by atoms with van der Waals surface area (Å²) in [6.07, 6.45) is 0.573. The zero-order valence-corrected chi connectivity index (χ0v) is 18.0. The lowest BCUT2D eigenvalue weighted by Gasteiger charge is -2.18. The Bertz CT molecular complexity index is 1020. The second-order valence-corrected chi connectivity index (χ2v) is 10.5. The molecule has 0 aromatic heterocycles. The van der Waals surface area contributed by atoms with Crippen molar-refractivity contribution in [2.75, 3.05) is 17.6 Å². The lowest BCUT2D eigenvalue weighted by Crippen LogP contribution is -2.31. The Morgan fingerprint density at radius 1 is 1.21 bits per heavy atom. The predicted molar refractivity (Wildman–Crippen MR) is 115 cm³/mol. The van der Waals surface area contributed by atoms with Crippen LogP contribution in [0.5, 0.6) is 0 Å². The fraction of sp³-hybridized carbons (Fsp3) is 0.333. The van der Waals surface area contributed by atoms with Crippen molar-refractivity contribution < 1.29 is 18.0 Å². The summed E-state index contributed by atoms with van der Waals surface area (Å²) in [4.78, 5) is 24.7. The number of hydrogen-bond acceptors (Lipinski definition) is 5. The van der Waals surface area contributed by atoms with E-state index >= 15 is 0 Å². The van der Waals surface area contributed by atoms with Gasteiger partial charge in [0.15, 0.2) is 9.84 Å². The molecule has 6 nitrogen and oxygen atoms in total. The van der Waals surface area contributed by atoms with E-state index in [0.717, 1.165) is 10.5 Å². The molecule has 0 unspecified atom stereocenters. The first-order valence-electron chi connectivity index (χ1n) is 9.38. The molecule has 0 saturated heterocycles. The van der Waals surface area contributed by atoms with Gasteiger partial charge >= 0.3 is 0 Å². The van der Waals surface area contributed by atoms with Crippen molar-refractivity contribution in [3.05, 3.63) is 53.6 Å². The molecule has 2 amide bonds. The van der Waals surface area contributed by atoms with Crippen LogP contribution in [0.1, 0.15) is 24.5 Å². The summed E-state index contributed by atoms with van der Waals surface area (Å²) in [6.45, 7) is 4.00. The summed E-state index contributed by atoms with van der Waals surface area (Å²) in [7, 11) is -3.69. The van der Waals surface area contributed by atoms with Crippen LogP contribution in [-0.4, -0.2) is 37.8 Å². The highest BCUT2D eigenvalue weighted by Gasteiger charge is 2.27. The van der Waals surface area contributed by atoms with Crippen molar-refractivity contribution in [2.24, 2.45) is 0 Å². The molecule has 0 bridgehead atoms. The van der Waals surface area contributed by atoms with Crippen LogP contribution in [-0.2, 0) is 25.8 Å². The molecule has 0 saturated carbocycles. The van der Waals surface area contributed by atoms with E-state index in [1.807, 2.05) is 31.2 Å². The van der Waals surface area contributed by atoms with Gasteiger partial charge in [-0.15, -0.1) is 11.8 Å². The Morgan fingerprint density at radius 3 is 2.66 bits per heavy atom. The maximum absolute atomic E-state index is 12.9. The largest absolute Gasteiger partial charge is 0.356 e. The minimum atomic E-state index is -3.69. The number of carbonyl (C=O) groups is 2. The summed E-state index contributed by atoms with van der Waals surface area (Å²) in [5.74, 6) is -0.133. The molecule has 0 spiro atoms. The molecule has 0 aliphatic carbocycles. The van der Waals surface area contributed by atoms with Crippen LogP contribution in [0.25, 0.3) is 0 Å². The van der Waals surface area contributed by atoms with Crippen LogP contribution in [0.3, 0.4) is 0 Å². The molecule has 154 valence electrons. The molecule has 1 aliphatic rings. The van der Waals surface area contributed by atoms with E-state index < -0.39 is 15.1 Å². The lowest BCUT2D eigenvalue weighted by molar-refractivity contribution is -0.121. The van der Waals surface area contributed by atoms with Crippen LogP contribution in [0.15, 0.2) is 52.3 Å². The maximum Gasteiger partial charge on any atom is 0.234 e. The molecular formula is C21H24N2O4S2. The fourth-order valence-electron chi connectivity index (χ4n) is 3.02. The van der Waals surface area contributed by atoms with Gasteiger partial charge in [-0.1, -0.05) is 29.8 Å². The molecule has 2 aromatic rings. The standard InChI is InChI=1S/C21H24N2O4S2/c1-14-3-5-16(6-4-14)9-10-22-20(24)11-15(2)29(26,27)17-7-8-19-18(12-17)23-21(25)13-28-19/h3-8,12,15H,9-11,13H2,1-2H3,(H,22,24)(H,23,25)/t15-/m0/s1. The minimum Gasteiger partial charge on any atom is -0.356 e. The Kier molecular flexibility index (Phi) is 6.64. The van der Waals surface area contributed by atoms with Gasteiger partial charge in [0.2, 0.25) is 11.8 Å². The molecule has 8 heteroatoms. The number of aryl methyl sites for hydroxylation is 1. The van der Waals surface area contributed by atoms with Crippen molar-refractivity contribution >= 4 is 39.1 Å². The normalized spacial score (nSPS) is 14.6. The second-order valence-electron chi connectivity index (χ2n) is 7.14. The Labute approximate surface area is 175 Å². The van der Waals surface area contributed by atoms with E-state index in [4.69, 9.17) is 0 Å². The SMILES string of the molecule is Cc1ccc(CCNC(=O)C[C@H](C)S(=O)(=O)c2ccc3c(c2)NC(=O)CS3)cc1. The first-order valence-corrected chi connectivity index (χ1v) is 11.9. The van der Waals surface area contributed by atoms with Crippen molar-refractivity contribution in [2.45, 2.75) is 41.7 Å². The van der Waals surface area contributed by atoms with Gasteiger partial charge in [-0.05, 0) is 44.0 Å². The third-order valence-corrected chi connectivity index (χ3v) is 7.98. The van der Waals surface area contributed by atoms with Gasteiger partial charge in [0.1, 0.15) is 0 Å². The minimum absolute atomic E-state index is 0.110. The van der Waals surface area contributed by atoms with E-state index in [9.17, 15) is 18.0 Å². The van der Waals surface area contributed by atoms with Crippen LogP contribution >= 0.6 is 11.8 Å². The third-order valence-electron chi connectivity index (χ3n) is 4.77. The lowest BCUT2D eigenvalue weighted by atomic mass is 10.1. The molecule has 1 atom stereocenters. The van der Waals surface area contributed by atoms with Crippen LogP contribution in [0, 0.1) is 6.92 Å². The summed E-state index contributed by atoms with van der Waals surface area (Å²) >= 11 is 1.37. The molecule has 0 radical (unpaired) electrons. The number of thioether (sulfide) groups is 1. The van der Waals surface area contributed by atoms with Crippen LogP contribution < -0.4 is 10.6 Å². The number of anilines is 1. The van der Waals surface area contributed by atoms with Crippen molar-refractivity contribution in [3.8, 4) is 0 Å². The average Bonchev–Trinajstić information content (AvgIpc) is 2.68. The molecule has 1 aliphatic heterocycles. The van der Waals surface area contributed by atoms with Gasteiger partial charge in [-0.2, -0.15) is 0 Å². The first-order chi connectivity index (χ1) is 13.8. The van der Waals surface area contributed by atoms with E-state index in [2.05, 4.69) is 10.6 Å². The highest BCUT2D eigenvalue weighted by molar-refractivity contribution is 8.00. The maximum atomic E-state index is 12.9. The van der Waals surface area contributed by atoms with Crippen molar-refractivity contribution in [3.63, 3.8) is 0 Å². The summed E-state index contributed by atoms with van der Waals surface area (Å²) in [5.41, 5.74) is 2.80. The number of benzene rings is 2. The number of carbonyl (C=O) groups excluding carboxylic acids is 2. The Hall–Kier alpha value is -2.32.